The van der Waals surface area contributed by atoms with Crippen LogP contribution < -0.4 is 5.43 Å². The van der Waals surface area contributed by atoms with Gasteiger partial charge in [-0.2, -0.15) is 4.91 Å². The molecule has 0 aromatic heterocycles. The standard InChI is InChI=1S/C9H12N4/c1-8(11-13-12-10)7-9-5-3-2-4-6-9/h2-6,8,11H,7H2,1H3. The third-order valence-corrected chi connectivity index (χ3v) is 1.71. The van der Waals surface area contributed by atoms with E-state index in [0.29, 0.717) is 0 Å². The van der Waals surface area contributed by atoms with Crippen LogP contribution >= 0.6 is 0 Å². The van der Waals surface area contributed by atoms with E-state index < -0.39 is 0 Å². The van der Waals surface area contributed by atoms with Crippen LogP contribution in [0.2, 0.25) is 0 Å². The Balaban J connectivity index is 2.45. The molecule has 68 valence electrons. The van der Waals surface area contributed by atoms with Gasteiger partial charge in [0.1, 0.15) is 0 Å². The maximum atomic E-state index is 8.08. The lowest BCUT2D eigenvalue weighted by Gasteiger charge is -2.06. The summed E-state index contributed by atoms with van der Waals surface area (Å²) in [6, 6.07) is 10.2. The predicted octanol–water partition coefficient (Wildman–Crippen LogP) is 2.43. The van der Waals surface area contributed by atoms with Crippen LogP contribution in [0.5, 0.6) is 0 Å². The number of nitrogens with one attached hydrogen (secondary N) is 1. The van der Waals surface area contributed by atoms with Gasteiger partial charge in [0.05, 0.1) is 6.04 Å². The zero-order chi connectivity index (χ0) is 9.52. The largest absolute Gasteiger partial charge is 0.258 e. The van der Waals surface area contributed by atoms with Crippen molar-refractivity contribution < 1.29 is 0 Å². The molecule has 4 nitrogen and oxygen atoms in total. The van der Waals surface area contributed by atoms with E-state index in [1.165, 1.54) is 5.56 Å². The van der Waals surface area contributed by atoms with Crippen LogP contribution in [0, 0.1) is 0 Å². The number of hydrogen-bond acceptors (Lipinski definition) is 1. The van der Waals surface area contributed by atoms with Crippen LogP contribution in [-0.4, -0.2) is 6.04 Å². The second-order valence-electron chi connectivity index (χ2n) is 2.91. The van der Waals surface area contributed by atoms with Gasteiger partial charge in [0, 0.05) is 6.42 Å². The lowest BCUT2D eigenvalue weighted by molar-refractivity contribution is 0.565. The third-order valence-electron chi connectivity index (χ3n) is 1.71. The fourth-order valence-corrected chi connectivity index (χ4v) is 1.14. The highest BCUT2D eigenvalue weighted by molar-refractivity contribution is 5.15. The Labute approximate surface area is 77.2 Å². The van der Waals surface area contributed by atoms with E-state index in [0.717, 1.165) is 6.42 Å². The number of rotatable bonds is 4. The monoisotopic (exact) mass is 176 g/mol. The molecule has 0 saturated carbocycles. The van der Waals surface area contributed by atoms with Crippen molar-refractivity contribution in [1.29, 1.82) is 0 Å². The Morgan fingerprint density at radius 3 is 2.77 bits per heavy atom. The van der Waals surface area contributed by atoms with E-state index in [-0.39, 0.29) is 6.04 Å². The fourth-order valence-electron chi connectivity index (χ4n) is 1.14. The topological polar surface area (TPSA) is 60.8 Å². The molecule has 1 N–H and O–H groups in total. The fraction of sp³-hybridized carbons (Fsp3) is 0.333. The molecule has 4 heteroatoms. The van der Waals surface area contributed by atoms with E-state index in [1.807, 2.05) is 37.3 Å². The molecule has 13 heavy (non-hydrogen) atoms. The first kappa shape index (κ1) is 9.42. The minimum absolute atomic E-state index is 0.165. The molecule has 0 amide bonds. The smallest absolute Gasteiger partial charge is 0.0977 e. The Bertz CT molecular complexity index is 290. The lowest BCUT2D eigenvalue weighted by atomic mass is 10.1. The molecule has 1 aromatic carbocycles. The van der Waals surface area contributed by atoms with Gasteiger partial charge in [-0.1, -0.05) is 30.3 Å². The molecule has 0 radical (unpaired) electrons. The van der Waals surface area contributed by atoms with Gasteiger partial charge in [-0.25, -0.2) is 0 Å². The molecule has 1 unspecified atom stereocenters. The molecule has 0 bridgehead atoms. The van der Waals surface area contributed by atoms with Gasteiger partial charge >= 0.3 is 0 Å². The van der Waals surface area contributed by atoms with Crippen molar-refractivity contribution in [2.24, 2.45) is 5.22 Å². The van der Waals surface area contributed by atoms with Gasteiger partial charge in [0.25, 0.3) is 0 Å². The van der Waals surface area contributed by atoms with E-state index in [1.54, 1.807) is 0 Å². The summed E-state index contributed by atoms with van der Waals surface area (Å²) in [5.74, 6) is 0. The van der Waals surface area contributed by atoms with Gasteiger partial charge in [0.2, 0.25) is 0 Å². The number of benzene rings is 1. The molecular formula is C9H12N4. The first-order chi connectivity index (χ1) is 6.33. The van der Waals surface area contributed by atoms with Crippen molar-refractivity contribution >= 4 is 0 Å². The van der Waals surface area contributed by atoms with Crippen LogP contribution in [0.1, 0.15) is 12.5 Å². The van der Waals surface area contributed by atoms with Crippen molar-refractivity contribution in [3.63, 3.8) is 0 Å². The Morgan fingerprint density at radius 1 is 1.46 bits per heavy atom. The zero-order valence-corrected chi connectivity index (χ0v) is 7.51. The molecule has 0 spiro atoms. The molecule has 0 aliphatic carbocycles. The van der Waals surface area contributed by atoms with Gasteiger partial charge in [0.15, 0.2) is 0 Å². The predicted molar refractivity (Wildman–Crippen MR) is 51.9 cm³/mol. The summed E-state index contributed by atoms with van der Waals surface area (Å²) in [5, 5.41) is 3.30. The minimum Gasteiger partial charge on any atom is -0.258 e. The summed E-state index contributed by atoms with van der Waals surface area (Å²) in [5.41, 5.74) is 12.0. The highest BCUT2D eigenvalue weighted by Gasteiger charge is 2.02. The molecule has 0 saturated heterocycles. The summed E-state index contributed by atoms with van der Waals surface area (Å²) in [6.45, 7) is 1.97. The summed E-state index contributed by atoms with van der Waals surface area (Å²) < 4.78 is 0. The van der Waals surface area contributed by atoms with E-state index in [4.69, 9.17) is 5.53 Å². The van der Waals surface area contributed by atoms with Crippen molar-refractivity contribution in [2.45, 2.75) is 19.4 Å². The number of azide groups is 1. The average molecular weight is 176 g/mol. The summed E-state index contributed by atoms with van der Waals surface area (Å²) in [6.07, 6.45) is 0.861. The number of hydrogen-bond donors (Lipinski definition) is 1. The first-order valence-corrected chi connectivity index (χ1v) is 4.16. The van der Waals surface area contributed by atoms with Gasteiger partial charge in [-0.15, -0.1) is 5.53 Å². The molecule has 0 aliphatic heterocycles. The quantitative estimate of drug-likeness (QED) is 0.325. The Hall–Kier alpha value is -1.67. The molecule has 0 aliphatic rings. The van der Waals surface area contributed by atoms with Crippen molar-refractivity contribution in [3.05, 3.63) is 46.3 Å². The van der Waals surface area contributed by atoms with Crippen LogP contribution in [0.4, 0.5) is 0 Å². The van der Waals surface area contributed by atoms with Gasteiger partial charge < -0.3 is 0 Å². The summed E-state index contributed by atoms with van der Waals surface area (Å²) >= 11 is 0. The SMILES string of the molecule is CC(Cc1ccccc1)NN=[N+]=[N-]. The van der Waals surface area contributed by atoms with Crippen LogP contribution in [0.15, 0.2) is 35.6 Å². The average Bonchev–Trinajstić information content (AvgIpc) is 2.16. The molecule has 1 rings (SSSR count). The van der Waals surface area contributed by atoms with E-state index in [2.05, 4.69) is 15.6 Å². The summed E-state index contributed by atoms with van der Waals surface area (Å²) in [4.78, 5) is 2.63. The van der Waals surface area contributed by atoms with E-state index in [9.17, 15) is 0 Å². The van der Waals surface area contributed by atoms with Crippen molar-refractivity contribution in [3.8, 4) is 0 Å². The molecule has 1 atom stereocenters. The maximum Gasteiger partial charge on any atom is 0.0977 e. The van der Waals surface area contributed by atoms with Crippen molar-refractivity contribution in [2.75, 3.05) is 0 Å². The lowest BCUT2D eigenvalue weighted by Crippen LogP contribution is -2.22. The summed E-state index contributed by atoms with van der Waals surface area (Å²) in [7, 11) is 0. The minimum atomic E-state index is 0.165. The maximum absolute atomic E-state index is 8.08. The molecule has 0 heterocycles. The first-order valence-electron chi connectivity index (χ1n) is 4.16. The van der Waals surface area contributed by atoms with Crippen LogP contribution in [0.25, 0.3) is 10.4 Å². The van der Waals surface area contributed by atoms with E-state index >= 15 is 0 Å². The molecular weight excluding hydrogens is 164 g/mol. The van der Waals surface area contributed by atoms with Crippen molar-refractivity contribution in [1.82, 2.24) is 5.43 Å². The Kier molecular flexibility index (Phi) is 3.67. The highest BCUT2D eigenvalue weighted by atomic mass is 15.4. The number of nitrogens with zero attached hydrogens (tertiary/aromatic N) is 3. The third kappa shape index (κ3) is 3.49. The normalized spacial score (nSPS) is 11.5. The van der Waals surface area contributed by atoms with Crippen LogP contribution in [0.3, 0.4) is 0 Å². The molecule has 1 aromatic rings. The second kappa shape index (κ2) is 5.06. The van der Waals surface area contributed by atoms with Gasteiger partial charge in [-0.05, 0) is 17.7 Å². The molecule has 0 fully saturated rings. The second-order valence-corrected chi connectivity index (χ2v) is 2.91. The Morgan fingerprint density at radius 2 is 2.15 bits per heavy atom. The van der Waals surface area contributed by atoms with Gasteiger partial charge in [-0.3, -0.25) is 5.43 Å². The van der Waals surface area contributed by atoms with Crippen LogP contribution in [-0.2, 0) is 6.42 Å². The zero-order valence-electron chi connectivity index (χ0n) is 7.51. The highest BCUT2D eigenvalue weighted by Crippen LogP contribution is 2.02.